The number of halogens is 2. The third-order valence-electron chi connectivity index (χ3n) is 2.77. The Labute approximate surface area is 131 Å². The van der Waals surface area contributed by atoms with E-state index in [4.69, 9.17) is 4.42 Å². The SMILES string of the molecule is CCNC(=NCc1cc(F)ccc1Br)NCc1ccco1. The van der Waals surface area contributed by atoms with Gasteiger partial charge in [-0.15, -0.1) is 0 Å². The number of nitrogens with zero attached hydrogens (tertiary/aromatic N) is 1. The molecule has 0 aliphatic heterocycles. The lowest BCUT2D eigenvalue weighted by molar-refractivity contribution is 0.501. The Morgan fingerprint density at radius 1 is 1.33 bits per heavy atom. The molecule has 0 aliphatic carbocycles. The molecule has 0 radical (unpaired) electrons. The van der Waals surface area contributed by atoms with E-state index in [1.54, 1.807) is 12.3 Å². The second-order valence-electron chi connectivity index (χ2n) is 4.36. The van der Waals surface area contributed by atoms with E-state index in [1.807, 2.05) is 19.1 Å². The molecule has 0 fully saturated rings. The van der Waals surface area contributed by atoms with Gasteiger partial charge in [0.25, 0.3) is 0 Å². The van der Waals surface area contributed by atoms with Gasteiger partial charge in [0, 0.05) is 11.0 Å². The summed E-state index contributed by atoms with van der Waals surface area (Å²) in [6, 6.07) is 8.30. The minimum Gasteiger partial charge on any atom is -0.467 e. The molecular formula is C15H17BrFN3O. The minimum atomic E-state index is -0.267. The van der Waals surface area contributed by atoms with Crippen LogP contribution in [0, 0.1) is 5.82 Å². The average molecular weight is 354 g/mol. The molecule has 6 heteroatoms. The number of furan rings is 1. The summed E-state index contributed by atoms with van der Waals surface area (Å²) >= 11 is 3.40. The molecule has 21 heavy (non-hydrogen) atoms. The average Bonchev–Trinajstić information content (AvgIpc) is 2.98. The summed E-state index contributed by atoms with van der Waals surface area (Å²) in [5.41, 5.74) is 0.796. The zero-order chi connectivity index (χ0) is 15.1. The van der Waals surface area contributed by atoms with Gasteiger partial charge in [-0.3, -0.25) is 0 Å². The van der Waals surface area contributed by atoms with Gasteiger partial charge in [0.2, 0.25) is 0 Å². The topological polar surface area (TPSA) is 49.6 Å². The van der Waals surface area contributed by atoms with Gasteiger partial charge in [-0.2, -0.15) is 0 Å². The fourth-order valence-electron chi connectivity index (χ4n) is 1.75. The van der Waals surface area contributed by atoms with Crippen LogP contribution in [0.4, 0.5) is 4.39 Å². The van der Waals surface area contributed by atoms with E-state index in [9.17, 15) is 4.39 Å². The van der Waals surface area contributed by atoms with Gasteiger partial charge in [-0.25, -0.2) is 9.38 Å². The fraction of sp³-hybridized carbons (Fsp3) is 0.267. The molecule has 1 heterocycles. The maximum atomic E-state index is 13.2. The first-order valence-corrected chi connectivity index (χ1v) is 7.47. The van der Waals surface area contributed by atoms with Crippen molar-refractivity contribution in [3.05, 3.63) is 58.2 Å². The van der Waals surface area contributed by atoms with Crippen molar-refractivity contribution in [2.24, 2.45) is 4.99 Å². The van der Waals surface area contributed by atoms with Crippen molar-refractivity contribution in [1.29, 1.82) is 0 Å². The van der Waals surface area contributed by atoms with Gasteiger partial charge in [0.15, 0.2) is 5.96 Å². The summed E-state index contributed by atoms with van der Waals surface area (Å²) in [5.74, 6) is 1.22. The molecule has 0 saturated heterocycles. The van der Waals surface area contributed by atoms with Crippen molar-refractivity contribution in [3.63, 3.8) is 0 Å². The molecule has 2 aromatic rings. The van der Waals surface area contributed by atoms with Crippen molar-refractivity contribution >= 4 is 21.9 Å². The van der Waals surface area contributed by atoms with Crippen LogP contribution < -0.4 is 10.6 Å². The highest BCUT2D eigenvalue weighted by molar-refractivity contribution is 9.10. The lowest BCUT2D eigenvalue weighted by Crippen LogP contribution is -2.36. The molecule has 0 amide bonds. The van der Waals surface area contributed by atoms with Crippen LogP contribution in [-0.4, -0.2) is 12.5 Å². The largest absolute Gasteiger partial charge is 0.467 e. The molecule has 4 nitrogen and oxygen atoms in total. The summed E-state index contributed by atoms with van der Waals surface area (Å²) in [6.07, 6.45) is 1.63. The normalized spacial score (nSPS) is 11.5. The van der Waals surface area contributed by atoms with E-state index in [-0.39, 0.29) is 5.82 Å². The number of nitrogens with one attached hydrogen (secondary N) is 2. The van der Waals surface area contributed by atoms with Crippen LogP contribution in [0.1, 0.15) is 18.2 Å². The molecule has 0 unspecified atom stereocenters. The third kappa shape index (κ3) is 4.90. The standard InChI is InChI=1S/C15H17BrFN3O/c1-2-18-15(20-10-13-4-3-7-21-13)19-9-11-8-12(17)5-6-14(11)16/h3-8H,2,9-10H2,1H3,(H2,18,19,20). The number of rotatable bonds is 5. The first-order chi connectivity index (χ1) is 10.2. The van der Waals surface area contributed by atoms with Crippen LogP contribution in [-0.2, 0) is 13.1 Å². The predicted octanol–water partition coefficient (Wildman–Crippen LogP) is 3.44. The zero-order valence-corrected chi connectivity index (χ0v) is 13.3. The Bertz CT molecular complexity index is 599. The maximum Gasteiger partial charge on any atom is 0.191 e. The molecule has 1 aromatic heterocycles. The van der Waals surface area contributed by atoms with E-state index in [1.165, 1.54) is 12.1 Å². The van der Waals surface area contributed by atoms with Crippen molar-refractivity contribution < 1.29 is 8.81 Å². The van der Waals surface area contributed by atoms with Gasteiger partial charge < -0.3 is 15.1 Å². The third-order valence-corrected chi connectivity index (χ3v) is 3.54. The lowest BCUT2D eigenvalue weighted by Gasteiger charge is -2.10. The fourth-order valence-corrected chi connectivity index (χ4v) is 2.13. The summed E-state index contributed by atoms with van der Waals surface area (Å²) in [4.78, 5) is 4.44. The summed E-state index contributed by atoms with van der Waals surface area (Å²) < 4.78 is 19.3. The van der Waals surface area contributed by atoms with Gasteiger partial charge in [-0.1, -0.05) is 15.9 Å². The van der Waals surface area contributed by atoms with Crippen molar-refractivity contribution in [1.82, 2.24) is 10.6 Å². The highest BCUT2D eigenvalue weighted by atomic mass is 79.9. The van der Waals surface area contributed by atoms with Crippen LogP contribution in [0.15, 0.2) is 50.5 Å². The van der Waals surface area contributed by atoms with Gasteiger partial charge in [0.1, 0.15) is 11.6 Å². The van der Waals surface area contributed by atoms with E-state index < -0.39 is 0 Å². The second kappa shape index (κ2) is 7.83. The molecule has 2 N–H and O–H groups in total. The number of hydrogen-bond acceptors (Lipinski definition) is 2. The van der Waals surface area contributed by atoms with Crippen LogP contribution >= 0.6 is 15.9 Å². The van der Waals surface area contributed by atoms with Crippen LogP contribution in [0.25, 0.3) is 0 Å². The van der Waals surface area contributed by atoms with Crippen LogP contribution in [0.2, 0.25) is 0 Å². The van der Waals surface area contributed by atoms with E-state index >= 15 is 0 Å². The highest BCUT2D eigenvalue weighted by Crippen LogP contribution is 2.18. The summed E-state index contributed by atoms with van der Waals surface area (Å²) in [6.45, 7) is 3.66. The number of benzene rings is 1. The molecule has 0 atom stereocenters. The van der Waals surface area contributed by atoms with Crippen molar-refractivity contribution in [2.75, 3.05) is 6.54 Å². The van der Waals surface area contributed by atoms with E-state index in [0.29, 0.717) is 19.0 Å². The Kier molecular flexibility index (Phi) is 5.80. The molecule has 112 valence electrons. The smallest absolute Gasteiger partial charge is 0.191 e. The number of hydrogen-bond donors (Lipinski definition) is 2. The highest BCUT2D eigenvalue weighted by Gasteiger charge is 2.03. The van der Waals surface area contributed by atoms with E-state index in [0.717, 1.165) is 22.3 Å². The summed E-state index contributed by atoms with van der Waals surface area (Å²) in [5, 5.41) is 6.30. The first-order valence-electron chi connectivity index (χ1n) is 6.67. The second-order valence-corrected chi connectivity index (χ2v) is 5.22. The van der Waals surface area contributed by atoms with Gasteiger partial charge in [-0.05, 0) is 42.8 Å². The quantitative estimate of drug-likeness (QED) is 0.639. The molecule has 0 saturated carbocycles. The Balaban J connectivity index is 2.01. The van der Waals surface area contributed by atoms with Crippen molar-refractivity contribution in [2.45, 2.75) is 20.0 Å². The molecule has 0 spiro atoms. The molecule has 2 rings (SSSR count). The first kappa shape index (κ1) is 15.6. The van der Waals surface area contributed by atoms with Crippen molar-refractivity contribution in [3.8, 4) is 0 Å². The van der Waals surface area contributed by atoms with Crippen LogP contribution in [0.5, 0.6) is 0 Å². The number of guanidine groups is 1. The molecule has 1 aromatic carbocycles. The molecule has 0 aliphatic rings. The molecule has 0 bridgehead atoms. The van der Waals surface area contributed by atoms with Gasteiger partial charge >= 0.3 is 0 Å². The van der Waals surface area contributed by atoms with Gasteiger partial charge in [0.05, 0.1) is 19.4 Å². The Morgan fingerprint density at radius 3 is 2.90 bits per heavy atom. The zero-order valence-electron chi connectivity index (χ0n) is 11.7. The Hall–Kier alpha value is -1.82. The number of aliphatic imine (C=N–C) groups is 1. The molecular weight excluding hydrogens is 337 g/mol. The minimum absolute atomic E-state index is 0.267. The monoisotopic (exact) mass is 353 g/mol. The maximum absolute atomic E-state index is 13.2. The lowest BCUT2D eigenvalue weighted by atomic mass is 10.2. The van der Waals surface area contributed by atoms with Crippen LogP contribution in [0.3, 0.4) is 0 Å². The Morgan fingerprint density at radius 2 is 2.19 bits per heavy atom. The van der Waals surface area contributed by atoms with E-state index in [2.05, 4.69) is 31.6 Å². The summed E-state index contributed by atoms with van der Waals surface area (Å²) in [7, 11) is 0. The predicted molar refractivity (Wildman–Crippen MR) is 84.5 cm³/mol.